The van der Waals surface area contributed by atoms with Gasteiger partial charge in [-0.25, -0.2) is 0 Å². The molecule has 0 saturated heterocycles. The minimum Gasteiger partial charge on any atom is -0.392 e. The van der Waals surface area contributed by atoms with E-state index in [1.54, 1.807) is 0 Å². The van der Waals surface area contributed by atoms with Gasteiger partial charge in [0.2, 0.25) is 0 Å². The van der Waals surface area contributed by atoms with E-state index in [-0.39, 0.29) is 29.0 Å². The van der Waals surface area contributed by atoms with Crippen molar-refractivity contribution >= 4 is 5.78 Å². The van der Waals surface area contributed by atoms with Crippen molar-refractivity contribution < 1.29 is 15.0 Å². The molecule has 0 bridgehead atoms. The maximum Gasteiger partial charge on any atom is 0.162 e. The van der Waals surface area contributed by atoms with Gasteiger partial charge in [-0.1, -0.05) is 46.3 Å². The average Bonchev–Trinajstić information content (AvgIpc) is 2.44. The van der Waals surface area contributed by atoms with Crippen LogP contribution in [0, 0.1) is 22.2 Å². The third kappa shape index (κ3) is 2.05. The van der Waals surface area contributed by atoms with E-state index in [0.29, 0.717) is 12.0 Å². The number of hydrogen-bond acceptors (Lipinski definition) is 3. The van der Waals surface area contributed by atoms with Crippen LogP contribution in [0.25, 0.3) is 0 Å². The topological polar surface area (TPSA) is 57.5 Å². The maximum absolute atomic E-state index is 13.0. The molecule has 0 radical (unpaired) electrons. The van der Waals surface area contributed by atoms with Crippen LogP contribution in [0.5, 0.6) is 0 Å². The SMILES string of the molecule is C=C[C@@]1(C)C=C2C(=O)C[C@@]3(O)C(CCCC3(C)C)[C@]2(C)[C@@H](O)C1. The van der Waals surface area contributed by atoms with Crippen LogP contribution in [-0.4, -0.2) is 27.7 Å². The lowest BCUT2D eigenvalue weighted by molar-refractivity contribution is -0.204. The minimum absolute atomic E-state index is 0.00644. The van der Waals surface area contributed by atoms with Crippen LogP contribution in [0.3, 0.4) is 0 Å². The van der Waals surface area contributed by atoms with Crippen molar-refractivity contribution in [2.75, 3.05) is 0 Å². The van der Waals surface area contributed by atoms with Crippen LogP contribution >= 0.6 is 0 Å². The summed E-state index contributed by atoms with van der Waals surface area (Å²) < 4.78 is 0. The van der Waals surface area contributed by atoms with Crippen LogP contribution < -0.4 is 0 Å². The van der Waals surface area contributed by atoms with Gasteiger partial charge in [-0.2, -0.15) is 0 Å². The number of Topliss-reactive ketones (excluding diaryl/α,β-unsaturated/α-hetero) is 1. The molecule has 23 heavy (non-hydrogen) atoms. The molecular formula is C20H30O3. The third-order valence-corrected chi connectivity index (χ3v) is 7.34. The fourth-order valence-electron chi connectivity index (χ4n) is 5.47. The molecule has 3 heteroatoms. The third-order valence-electron chi connectivity index (χ3n) is 7.34. The van der Waals surface area contributed by atoms with Crippen molar-refractivity contribution in [2.24, 2.45) is 22.2 Å². The number of carbonyl (C=O) groups is 1. The van der Waals surface area contributed by atoms with Crippen molar-refractivity contribution in [1.82, 2.24) is 0 Å². The number of allylic oxidation sites excluding steroid dienone is 2. The van der Waals surface area contributed by atoms with Gasteiger partial charge in [-0.3, -0.25) is 4.79 Å². The number of hydrogen-bond donors (Lipinski definition) is 2. The number of aliphatic hydroxyl groups is 2. The summed E-state index contributed by atoms with van der Waals surface area (Å²) in [6, 6.07) is 0. The van der Waals surface area contributed by atoms with Gasteiger partial charge in [-0.15, -0.1) is 6.58 Å². The predicted molar refractivity (Wildman–Crippen MR) is 90.8 cm³/mol. The molecule has 2 fully saturated rings. The number of aliphatic hydroxyl groups excluding tert-OH is 1. The van der Waals surface area contributed by atoms with Gasteiger partial charge in [0.25, 0.3) is 0 Å². The second-order valence-electron chi connectivity index (χ2n) is 9.12. The molecule has 0 aromatic heterocycles. The Balaban J connectivity index is 2.18. The molecule has 3 nitrogen and oxygen atoms in total. The largest absolute Gasteiger partial charge is 0.392 e. The van der Waals surface area contributed by atoms with Gasteiger partial charge >= 0.3 is 0 Å². The highest BCUT2D eigenvalue weighted by atomic mass is 16.3. The molecule has 2 saturated carbocycles. The summed E-state index contributed by atoms with van der Waals surface area (Å²) in [6.45, 7) is 12.0. The van der Waals surface area contributed by atoms with Crippen LogP contribution in [0.15, 0.2) is 24.3 Å². The van der Waals surface area contributed by atoms with E-state index in [2.05, 4.69) is 20.4 Å². The van der Waals surface area contributed by atoms with Crippen molar-refractivity contribution in [3.63, 3.8) is 0 Å². The lowest BCUT2D eigenvalue weighted by Gasteiger charge is -2.62. The molecule has 0 aromatic carbocycles. The van der Waals surface area contributed by atoms with Gasteiger partial charge in [0, 0.05) is 28.7 Å². The molecular weight excluding hydrogens is 288 g/mol. The molecule has 5 atom stereocenters. The summed E-state index contributed by atoms with van der Waals surface area (Å²) in [5, 5.41) is 22.5. The van der Waals surface area contributed by atoms with Crippen LogP contribution in [0.4, 0.5) is 0 Å². The molecule has 0 aliphatic heterocycles. The molecule has 128 valence electrons. The molecule has 3 aliphatic rings. The number of ketones is 1. The van der Waals surface area contributed by atoms with Gasteiger partial charge in [0.1, 0.15) is 0 Å². The first kappa shape index (κ1) is 16.9. The Bertz CT molecular complexity index is 590. The number of fused-ring (bicyclic) bond motifs is 3. The van der Waals surface area contributed by atoms with Gasteiger partial charge in [0.05, 0.1) is 11.7 Å². The standard InChI is InChI=1S/C20H30O3/c1-6-18(4)10-13-14(21)11-20(23)15(8-7-9-17(20,2)3)19(13,5)16(22)12-18/h6,10,15-16,22-23H,1,7-9,11-12H2,2-5H3/t15?,16-,18-,19+,20+/m0/s1. The Kier molecular flexibility index (Phi) is 3.53. The zero-order chi connectivity index (χ0) is 17.3. The van der Waals surface area contributed by atoms with E-state index in [0.717, 1.165) is 19.3 Å². The van der Waals surface area contributed by atoms with E-state index < -0.39 is 17.1 Å². The highest BCUT2D eigenvalue weighted by molar-refractivity contribution is 5.99. The monoisotopic (exact) mass is 318 g/mol. The van der Waals surface area contributed by atoms with Crippen molar-refractivity contribution in [3.05, 3.63) is 24.3 Å². The van der Waals surface area contributed by atoms with Gasteiger partial charge in [-0.05, 0) is 24.7 Å². The summed E-state index contributed by atoms with van der Waals surface area (Å²) in [5.74, 6) is -0.0832. The van der Waals surface area contributed by atoms with E-state index in [1.807, 2.05) is 26.0 Å². The Morgan fingerprint density at radius 1 is 1.30 bits per heavy atom. The Hall–Kier alpha value is -0.930. The first-order chi connectivity index (χ1) is 10.5. The zero-order valence-corrected chi connectivity index (χ0v) is 14.9. The lowest BCUT2D eigenvalue weighted by Crippen LogP contribution is -2.66. The van der Waals surface area contributed by atoms with Crippen LogP contribution in [0.1, 0.15) is 59.8 Å². The molecule has 3 aliphatic carbocycles. The fraction of sp³-hybridized carbons (Fsp3) is 0.750. The predicted octanol–water partition coefficient (Wildman–Crippen LogP) is 3.41. The van der Waals surface area contributed by atoms with Crippen LogP contribution in [0.2, 0.25) is 0 Å². The second kappa shape index (κ2) is 4.80. The average molecular weight is 318 g/mol. The lowest BCUT2D eigenvalue weighted by atomic mass is 9.44. The molecule has 0 spiro atoms. The number of carbonyl (C=O) groups excluding carboxylic acids is 1. The summed E-state index contributed by atoms with van der Waals surface area (Å²) in [4.78, 5) is 13.0. The fourth-order valence-corrected chi connectivity index (χ4v) is 5.47. The normalized spacial score (nSPS) is 49.0. The quantitative estimate of drug-likeness (QED) is 0.729. The van der Waals surface area contributed by atoms with E-state index in [9.17, 15) is 15.0 Å². The first-order valence-corrected chi connectivity index (χ1v) is 8.81. The van der Waals surface area contributed by atoms with E-state index in [1.165, 1.54) is 0 Å². The first-order valence-electron chi connectivity index (χ1n) is 8.81. The summed E-state index contributed by atoms with van der Waals surface area (Å²) in [7, 11) is 0. The Labute approximate surface area is 139 Å². The maximum atomic E-state index is 13.0. The molecule has 3 rings (SSSR count). The smallest absolute Gasteiger partial charge is 0.162 e. The molecule has 0 amide bonds. The van der Waals surface area contributed by atoms with E-state index >= 15 is 0 Å². The van der Waals surface area contributed by atoms with Gasteiger partial charge < -0.3 is 10.2 Å². The van der Waals surface area contributed by atoms with Crippen LogP contribution in [-0.2, 0) is 4.79 Å². The number of rotatable bonds is 1. The highest BCUT2D eigenvalue weighted by Gasteiger charge is 2.65. The second-order valence-corrected chi connectivity index (χ2v) is 9.12. The highest BCUT2D eigenvalue weighted by Crippen LogP contribution is 2.63. The van der Waals surface area contributed by atoms with Crippen molar-refractivity contribution in [3.8, 4) is 0 Å². The molecule has 2 N–H and O–H groups in total. The Morgan fingerprint density at radius 3 is 2.57 bits per heavy atom. The van der Waals surface area contributed by atoms with E-state index in [4.69, 9.17) is 0 Å². The van der Waals surface area contributed by atoms with Crippen molar-refractivity contribution in [1.29, 1.82) is 0 Å². The summed E-state index contributed by atoms with van der Waals surface area (Å²) in [5.41, 5.74) is -1.64. The summed E-state index contributed by atoms with van der Waals surface area (Å²) in [6.07, 6.45) is 6.73. The van der Waals surface area contributed by atoms with Crippen molar-refractivity contribution in [2.45, 2.75) is 71.5 Å². The Morgan fingerprint density at radius 2 is 1.96 bits per heavy atom. The van der Waals surface area contributed by atoms with Gasteiger partial charge in [0.15, 0.2) is 5.78 Å². The summed E-state index contributed by atoms with van der Waals surface area (Å²) >= 11 is 0. The molecule has 0 aromatic rings. The minimum atomic E-state index is -1.03. The molecule has 0 heterocycles. The molecule has 1 unspecified atom stereocenters. The zero-order valence-electron chi connectivity index (χ0n) is 14.9.